The van der Waals surface area contributed by atoms with E-state index in [1.165, 1.54) is 0 Å². The molecule has 2 aliphatic rings. The number of nitrogens with two attached hydrogens (primary N) is 1. The van der Waals surface area contributed by atoms with Crippen LogP contribution in [0.1, 0.15) is 49.0 Å². The maximum absolute atomic E-state index is 12.4. The second-order valence-electron chi connectivity index (χ2n) is 11.2. The predicted molar refractivity (Wildman–Crippen MR) is 157 cm³/mol. The van der Waals surface area contributed by atoms with Crippen molar-refractivity contribution >= 4 is 6.09 Å². The minimum atomic E-state index is -0.429. The average Bonchev–Trinajstić information content (AvgIpc) is 2.98. The third-order valence-corrected chi connectivity index (χ3v) is 8.40. The van der Waals surface area contributed by atoms with Crippen LogP contribution in [0.15, 0.2) is 66.7 Å². The van der Waals surface area contributed by atoms with Gasteiger partial charge in [-0.15, -0.1) is 0 Å². The number of phenolic OH excluding ortho intramolecular Hbond substituents is 1. The first kappa shape index (κ1) is 28.1. The number of likely N-dealkylation sites (tertiary alicyclic amines) is 1. The first-order valence-electron chi connectivity index (χ1n) is 14.4. The Hall–Kier alpha value is -3.39. The van der Waals surface area contributed by atoms with Gasteiger partial charge in [-0.25, -0.2) is 4.79 Å². The molecule has 0 radical (unpaired) electrons. The van der Waals surface area contributed by atoms with E-state index in [2.05, 4.69) is 22.3 Å². The summed E-state index contributed by atoms with van der Waals surface area (Å²) in [5.74, 6) is 1.36. The number of nitrogens with zero attached hydrogens (tertiary/aromatic N) is 1. The zero-order valence-electron chi connectivity index (χ0n) is 23.5. The summed E-state index contributed by atoms with van der Waals surface area (Å²) >= 11 is 0. The molecular formula is C33H41N3O4. The van der Waals surface area contributed by atoms with E-state index in [0.717, 1.165) is 73.1 Å². The van der Waals surface area contributed by atoms with Gasteiger partial charge in [0.1, 0.15) is 11.5 Å². The monoisotopic (exact) mass is 543 g/mol. The van der Waals surface area contributed by atoms with Gasteiger partial charge >= 0.3 is 6.09 Å². The Bertz CT molecular complexity index is 1270. The number of amides is 1. The van der Waals surface area contributed by atoms with E-state index < -0.39 is 6.09 Å². The van der Waals surface area contributed by atoms with Gasteiger partial charge in [0.25, 0.3) is 0 Å². The summed E-state index contributed by atoms with van der Waals surface area (Å²) in [6.07, 6.45) is 3.17. The number of aryl methyl sites for hydroxylation is 1. The molecule has 0 spiro atoms. The van der Waals surface area contributed by atoms with Gasteiger partial charge in [-0.3, -0.25) is 0 Å². The number of fused-ring (bicyclic) bond motifs is 1. The first-order chi connectivity index (χ1) is 19.4. The maximum atomic E-state index is 12.4. The molecule has 3 atom stereocenters. The Labute approximate surface area is 237 Å². The van der Waals surface area contributed by atoms with Crippen LogP contribution in [0.3, 0.4) is 0 Å². The second-order valence-corrected chi connectivity index (χ2v) is 11.2. The molecule has 7 nitrogen and oxygen atoms in total. The number of rotatable bonds is 8. The molecule has 212 valence electrons. The summed E-state index contributed by atoms with van der Waals surface area (Å²) in [4.78, 5) is 14.9. The molecule has 0 aromatic heterocycles. The highest BCUT2D eigenvalue weighted by Crippen LogP contribution is 2.40. The number of nitrogens with one attached hydrogen (secondary N) is 1. The molecular weight excluding hydrogens is 502 g/mol. The fourth-order valence-corrected chi connectivity index (χ4v) is 5.96. The Balaban J connectivity index is 1.05. The van der Waals surface area contributed by atoms with E-state index in [-0.39, 0.29) is 18.2 Å². The molecule has 1 fully saturated rings. The van der Waals surface area contributed by atoms with Crippen molar-refractivity contribution in [1.29, 1.82) is 0 Å². The van der Waals surface area contributed by atoms with Crippen molar-refractivity contribution in [1.82, 2.24) is 10.2 Å². The largest absolute Gasteiger partial charge is 0.507 e. The lowest BCUT2D eigenvalue weighted by atomic mass is 9.83. The molecule has 2 heterocycles. The van der Waals surface area contributed by atoms with Crippen LogP contribution in [0.4, 0.5) is 4.79 Å². The topological polar surface area (TPSA) is 97.0 Å². The molecule has 3 aromatic carbocycles. The van der Waals surface area contributed by atoms with Crippen LogP contribution in [-0.4, -0.2) is 54.4 Å². The van der Waals surface area contributed by atoms with Crippen molar-refractivity contribution in [3.05, 3.63) is 83.4 Å². The lowest BCUT2D eigenvalue weighted by molar-refractivity contribution is -0.0647. The fraction of sp³-hybridized carbons (Fsp3) is 0.424. The van der Waals surface area contributed by atoms with E-state index >= 15 is 0 Å². The Morgan fingerprint density at radius 3 is 2.48 bits per heavy atom. The number of hydrogen-bond donors (Lipinski definition) is 3. The van der Waals surface area contributed by atoms with Crippen molar-refractivity contribution in [2.45, 2.75) is 57.8 Å². The molecule has 0 bridgehead atoms. The lowest BCUT2D eigenvalue weighted by Gasteiger charge is -2.40. The van der Waals surface area contributed by atoms with Crippen LogP contribution in [-0.2, 0) is 11.2 Å². The van der Waals surface area contributed by atoms with E-state index in [1.807, 2.05) is 68.4 Å². The van der Waals surface area contributed by atoms with E-state index in [0.29, 0.717) is 24.0 Å². The van der Waals surface area contributed by atoms with E-state index in [4.69, 9.17) is 15.2 Å². The number of ether oxygens (including phenoxy) is 2. The van der Waals surface area contributed by atoms with Crippen LogP contribution in [0, 0.1) is 12.8 Å². The number of hydrogen-bond acceptors (Lipinski definition) is 6. The number of benzene rings is 3. The van der Waals surface area contributed by atoms with Gasteiger partial charge in [0.05, 0.1) is 12.2 Å². The molecule has 40 heavy (non-hydrogen) atoms. The third-order valence-electron chi connectivity index (χ3n) is 8.40. The molecule has 7 heteroatoms. The number of aromatic hydroxyl groups is 1. The first-order valence-corrected chi connectivity index (χ1v) is 14.4. The van der Waals surface area contributed by atoms with Crippen molar-refractivity contribution < 1.29 is 19.4 Å². The summed E-state index contributed by atoms with van der Waals surface area (Å²) in [5.41, 5.74) is 11.2. The summed E-state index contributed by atoms with van der Waals surface area (Å²) in [7, 11) is 0. The summed E-state index contributed by atoms with van der Waals surface area (Å²) in [6, 6.07) is 21.7. The van der Waals surface area contributed by atoms with Crippen molar-refractivity contribution in [3.8, 4) is 22.6 Å². The van der Waals surface area contributed by atoms with Gasteiger partial charge in [-0.05, 0) is 86.5 Å². The second kappa shape index (κ2) is 12.9. The Morgan fingerprint density at radius 2 is 1.77 bits per heavy atom. The number of carbonyl (C=O) groups excluding carboxylic acids is 1. The highest BCUT2D eigenvalue weighted by molar-refractivity contribution is 5.71. The molecule has 4 N–H and O–H groups in total. The van der Waals surface area contributed by atoms with Gasteiger partial charge < -0.3 is 30.5 Å². The number of piperidine rings is 1. The summed E-state index contributed by atoms with van der Waals surface area (Å²) < 4.78 is 11.9. The summed E-state index contributed by atoms with van der Waals surface area (Å²) in [5, 5.41) is 13.7. The van der Waals surface area contributed by atoms with Gasteiger partial charge in [0.15, 0.2) is 0 Å². The smallest absolute Gasteiger partial charge is 0.412 e. The molecule has 5 rings (SSSR count). The standard InChI is InChI=1S/C33H41N3O4/c1-22-8-13-28-29(32(22)37)20-30(40-31(28)21-34)26-15-18-36(19-16-26)17-14-23(2)35-33(38)39-27-11-9-25(10-12-27)24-6-4-3-5-7-24/h3-13,23,26,30-31,37H,14-21,34H2,1-2H3,(H,35,38)/t23?,30-,31-/m0/s1. The van der Waals surface area contributed by atoms with Crippen LogP contribution in [0.2, 0.25) is 0 Å². The van der Waals surface area contributed by atoms with Crippen LogP contribution < -0.4 is 15.8 Å². The van der Waals surface area contributed by atoms with Crippen LogP contribution in [0.25, 0.3) is 11.1 Å². The minimum absolute atomic E-state index is 0.00326. The summed E-state index contributed by atoms with van der Waals surface area (Å²) in [6.45, 7) is 7.28. The van der Waals surface area contributed by atoms with Crippen LogP contribution >= 0.6 is 0 Å². The maximum Gasteiger partial charge on any atom is 0.412 e. The molecule has 3 aromatic rings. The van der Waals surface area contributed by atoms with E-state index in [9.17, 15) is 9.90 Å². The average molecular weight is 544 g/mol. The van der Waals surface area contributed by atoms with Crippen LogP contribution in [0.5, 0.6) is 11.5 Å². The molecule has 1 amide bonds. The van der Waals surface area contributed by atoms with Gasteiger partial charge in [0, 0.05) is 31.1 Å². The Morgan fingerprint density at radius 1 is 1.07 bits per heavy atom. The molecule has 0 aliphatic carbocycles. The van der Waals surface area contributed by atoms with Gasteiger partial charge in [0.2, 0.25) is 0 Å². The fourth-order valence-electron chi connectivity index (χ4n) is 5.96. The molecule has 0 saturated carbocycles. The number of phenols is 1. The zero-order chi connectivity index (χ0) is 28.1. The molecule has 1 unspecified atom stereocenters. The van der Waals surface area contributed by atoms with Crippen molar-refractivity contribution in [3.63, 3.8) is 0 Å². The highest BCUT2D eigenvalue weighted by atomic mass is 16.6. The molecule has 1 saturated heterocycles. The zero-order valence-corrected chi connectivity index (χ0v) is 23.5. The van der Waals surface area contributed by atoms with Gasteiger partial charge in [-0.1, -0.05) is 54.6 Å². The SMILES string of the molecule is Cc1ccc2c(c1O)C[C@@H](C1CCN(CCC(C)NC(=O)Oc3ccc(-c4ccccc4)cc3)CC1)O[C@H]2CN. The van der Waals surface area contributed by atoms with E-state index in [1.54, 1.807) is 0 Å². The Kier molecular flexibility index (Phi) is 9.04. The van der Waals surface area contributed by atoms with Gasteiger partial charge in [-0.2, -0.15) is 0 Å². The van der Waals surface area contributed by atoms with Crippen molar-refractivity contribution in [2.75, 3.05) is 26.2 Å². The third kappa shape index (κ3) is 6.66. The quantitative estimate of drug-likeness (QED) is 0.343. The predicted octanol–water partition coefficient (Wildman–Crippen LogP) is 5.59. The normalized spacial score (nSPS) is 20.5. The highest BCUT2D eigenvalue weighted by Gasteiger charge is 2.35. The minimum Gasteiger partial charge on any atom is -0.507 e. The number of carbonyl (C=O) groups is 1. The van der Waals surface area contributed by atoms with Crippen molar-refractivity contribution in [2.24, 2.45) is 11.7 Å². The lowest BCUT2D eigenvalue weighted by Crippen LogP contribution is -2.43. The molecule has 2 aliphatic heterocycles.